The Labute approximate surface area is 188 Å². The highest BCUT2D eigenvalue weighted by atomic mass is 16.5. The lowest BCUT2D eigenvalue weighted by atomic mass is 9.96. The van der Waals surface area contributed by atoms with Gasteiger partial charge in [0, 0.05) is 50.4 Å². The molecule has 8 heteroatoms. The van der Waals surface area contributed by atoms with E-state index in [0.717, 1.165) is 64.1 Å². The fourth-order valence-corrected chi connectivity index (χ4v) is 5.71. The van der Waals surface area contributed by atoms with E-state index in [9.17, 15) is 14.4 Å². The summed E-state index contributed by atoms with van der Waals surface area (Å²) in [5, 5.41) is 5.86. The van der Waals surface area contributed by atoms with Crippen molar-refractivity contribution in [3.8, 4) is 0 Å². The van der Waals surface area contributed by atoms with E-state index in [2.05, 4.69) is 21.6 Å². The molecular weight excluding hydrogens is 408 g/mol. The third-order valence-electron chi connectivity index (χ3n) is 7.47. The molecule has 0 saturated carbocycles. The first kappa shape index (κ1) is 21.6. The molecule has 0 aromatic heterocycles. The Morgan fingerprint density at radius 3 is 2.50 bits per heavy atom. The molecule has 3 saturated heterocycles. The van der Waals surface area contributed by atoms with Gasteiger partial charge in [0.05, 0.1) is 0 Å². The highest BCUT2D eigenvalue weighted by Gasteiger charge is 2.40. The van der Waals surface area contributed by atoms with Crippen molar-refractivity contribution >= 4 is 17.7 Å². The summed E-state index contributed by atoms with van der Waals surface area (Å²) in [5.74, 6) is -0.719. The Hall–Kier alpha value is -2.29. The van der Waals surface area contributed by atoms with Crippen molar-refractivity contribution in [3.63, 3.8) is 0 Å². The number of hydrogen-bond acceptors (Lipinski definition) is 6. The summed E-state index contributed by atoms with van der Waals surface area (Å²) < 4.78 is 5.62. The lowest BCUT2D eigenvalue weighted by Crippen LogP contribution is -2.52. The number of carbonyl (C=O) groups is 3. The number of benzene rings is 1. The van der Waals surface area contributed by atoms with Gasteiger partial charge in [-0.1, -0.05) is 12.1 Å². The average Bonchev–Trinajstić information content (AvgIpc) is 3.15. The number of ether oxygens (including phenoxy) is 1. The highest BCUT2D eigenvalue weighted by Crippen LogP contribution is 2.32. The number of fused-ring (bicyclic) bond motifs is 1. The van der Waals surface area contributed by atoms with Crippen molar-refractivity contribution in [2.75, 3.05) is 26.3 Å². The van der Waals surface area contributed by atoms with E-state index >= 15 is 0 Å². The Balaban J connectivity index is 1.39. The molecular formula is C24H32N4O4. The minimum absolute atomic E-state index is 0.101. The topological polar surface area (TPSA) is 91.0 Å². The Morgan fingerprint density at radius 1 is 1.00 bits per heavy atom. The first-order valence-corrected chi connectivity index (χ1v) is 11.9. The van der Waals surface area contributed by atoms with E-state index in [1.165, 1.54) is 5.56 Å². The normalized spacial score (nSPS) is 25.3. The first-order chi connectivity index (χ1) is 15.6. The van der Waals surface area contributed by atoms with Crippen LogP contribution in [0.5, 0.6) is 0 Å². The number of rotatable bonds is 5. The zero-order valence-corrected chi connectivity index (χ0v) is 18.5. The lowest BCUT2D eigenvalue weighted by molar-refractivity contribution is -0.136. The predicted octanol–water partition coefficient (Wildman–Crippen LogP) is 1.18. The molecule has 0 aliphatic carbocycles. The van der Waals surface area contributed by atoms with Crippen LogP contribution in [-0.4, -0.2) is 72.0 Å². The second-order valence-electron chi connectivity index (χ2n) is 9.34. The molecule has 1 unspecified atom stereocenters. The second-order valence-corrected chi connectivity index (χ2v) is 9.34. The van der Waals surface area contributed by atoms with Gasteiger partial charge in [0.15, 0.2) is 0 Å². The number of carbonyl (C=O) groups excluding carboxylic acids is 3. The molecule has 0 bridgehead atoms. The van der Waals surface area contributed by atoms with Crippen LogP contribution in [0, 0.1) is 0 Å². The Bertz CT molecular complexity index is 874. The molecule has 3 fully saturated rings. The highest BCUT2D eigenvalue weighted by molar-refractivity contribution is 6.05. The van der Waals surface area contributed by atoms with Gasteiger partial charge < -0.3 is 15.0 Å². The molecule has 1 atom stereocenters. The number of nitrogens with zero attached hydrogens (tertiary/aromatic N) is 2. The first-order valence-electron chi connectivity index (χ1n) is 11.9. The van der Waals surface area contributed by atoms with Crippen LogP contribution in [-0.2, 0) is 27.4 Å². The number of hydrogen-bond donors (Lipinski definition) is 2. The van der Waals surface area contributed by atoms with E-state index in [4.69, 9.17) is 4.74 Å². The Morgan fingerprint density at radius 2 is 1.75 bits per heavy atom. The van der Waals surface area contributed by atoms with Crippen molar-refractivity contribution in [3.05, 3.63) is 34.9 Å². The average molecular weight is 441 g/mol. The number of imide groups is 1. The van der Waals surface area contributed by atoms with E-state index in [-0.39, 0.29) is 24.1 Å². The van der Waals surface area contributed by atoms with Gasteiger partial charge in [0.25, 0.3) is 5.91 Å². The smallest absolute Gasteiger partial charge is 0.255 e. The zero-order valence-electron chi connectivity index (χ0n) is 18.5. The summed E-state index contributed by atoms with van der Waals surface area (Å²) in [6.07, 6.45) is 5.02. The molecule has 5 rings (SSSR count). The van der Waals surface area contributed by atoms with Gasteiger partial charge in [0.2, 0.25) is 11.8 Å². The molecule has 4 aliphatic heterocycles. The van der Waals surface area contributed by atoms with Gasteiger partial charge >= 0.3 is 0 Å². The second kappa shape index (κ2) is 9.29. The van der Waals surface area contributed by atoms with E-state index in [0.29, 0.717) is 30.6 Å². The maximum absolute atomic E-state index is 13.2. The summed E-state index contributed by atoms with van der Waals surface area (Å²) in [5.41, 5.74) is 2.91. The van der Waals surface area contributed by atoms with Crippen molar-refractivity contribution < 1.29 is 19.1 Å². The van der Waals surface area contributed by atoms with Crippen LogP contribution >= 0.6 is 0 Å². The van der Waals surface area contributed by atoms with Gasteiger partial charge in [-0.25, -0.2) is 0 Å². The van der Waals surface area contributed by atoms with Crippen LogP contribution in [0.2, 0.25) is 0 Å². The minimum atomic E-state index is -0.573. The molecule has 2 N–H and O–H groups in total. The molecule has 1 aromatic carbocycles. The van der Waals surface area contributed by atoms with Crippen LogP contribution in [0.4, 0.5) is 0 Å². The molecule has 0 radical (unpaired) electrons. The third kappa shape index (κ3) is 4.19. The standard InChI is InChI=1S/C24H32N4O4/c29-22-5-4-21(23(30)26-22)28-15-20-16(2-1-3-19(20)24(28)31)14-27(17-6-10-25-11-7-17)18-8-12-32-13-9-18/h1-3,17-18,21,25H,4-15H2,(H,26,29,30). The predicted molar refractivity (Wildman–Crippen MR) is 118 cm³/mol. The fraction of sp³-hybridized carbons (Fsp3) is 0.625. The maximum Gasteiger partial charge on any atom is 0.255 e. The molecule has 32 heavy (non-hydrogen) atoms. The summed E-state index contributed by atoms with van der Waals surface area (Å²) in [6.45, 7) is 4.94. The fourth-order valence-electron chi connectivity index (χ4n) is 5.71. The van der Waals surface area contributed by atoms with Gasteiger partial charge in [-0.2, -0.15) is 0 Å². The maximum atomic E-state index is 13.2. The molecule has 172 valence electrons. The van der Waals surface area contributed by atoms with Crippen molar-refractivity contribution in [1.82, 2.24) is 20.4 Å². The van der Waals surface area contributed by atoms with Crippen molar-refractivity contribution in [1.29, 1.82) is 0 Å². The largest absolute Gasteiger partial charge is 0.381 e. The summed E-state index contributed by atoms with van der Waals surface area (Å²) in [4.78, 5) is 41.5. The third-order valence-corrected chi connectivity index (χ3v) is 7.47. The molecule has 4 aliphatic rings. The SMILES string of the molecule is O=C1CCC(N2Cc3c(CN(C4CCNCC4)C4CCOCC4)cccc3C2=O)C(=O)N1. The van der Waals surface area contributed by atoms with Crippen molar-refractivity contribution in [2.24, 2.45) is 0 Å². The van der Waals surface area contributed by atoms with E-state index < -0.39 is 6.04 Å². The number of piperidine rings is 2. The molecule has 1 aromatic rings. The molecule has 8 nitrogen and oxygen atoms in total. The van der Waals surface area contributed by atoms with Gasteiger partial charge in [0.1, 0.15) is 6.04 Å². The number of amides is 3. The lowest BCUT2D eigenvalue weighted by Gasteiger charge is -2.42. The molecule has 4 heterocycles. The van der Waals surface area contributed by atoms with Crippen molar-refractivity contribution in [2.45, 2.75) is 69.7 Å². The summed E-state index contributed by atoms with van der Waals surface area (Å²) in [6, 6.07) is 6.41. The van der Waals surface area contributed by atoms with Crippen LogP contribution in [0.25, 0.3) is 0 Å². The van der Waals surface area contributed by atoms with Crippen LogP contribution < -0.4 is 10.6 Å². The Kier molecular flexibility index (Phi) is 6.26. The molecule has 3 amide bonds. The van der Waals surface area contributed by atoms with Gasteiger partial charge in [-0.15, -0.1) is 0 Å². The van der Waals surface area contributed by atoms with E-state index in [1.807, 2.05) is 12.1 Å². The van der Waals surface area contributed by atoms with E-state index in [1.54, 1.807) is 4.90 Å². The van der Waals surface area contributed by atoms with Crippen LogP contribution in [0.15, 0.2) is 18.2 Å². The number of nitrogens with one attached hydrogen (secondary N) is 2. The molecule has 0 spiro atoms. The van der Waals surface area contributed by atoms with Crippen LogP contribution in [0.1, 0.15) is 60.0 Å². The van der Waals surface area contributed by atoms with Gasteiger partial charge in [-0.05, 0) is 62.4 Å². The van der Waals surface area contributed by atoms with Crippen LogP contribution in [0.3, 0.4) is 0 Å². The monoisotopic (exact) mass is 440 g/mol. The zero-order chi connectivity index (χ0) is 22.1. The summed E-state index contributed by atoms with van der Waals surface area (Å²) >= 11 is 0. The summed E-state index contributed by atoms with van der Waals surface area (Å²) in [7, 11) is 0. The quantitative estimate of drug-likeness (QED) is 0.669. The minimum Gasteiger partial charge on any atom is -0.381 e. The van der Waals surface area contributed by atoms with Gasteiger partial charge in [-0.3, -0.25) is 24.6 Å².